The van der Waals surface area contributed by atoms with Gasteiger partial charge in [-0.2, -0.15) is 0 Å². The zero-order chi connectivity index (χ0) is 12.1. The molecule has 1 N–H and O–H groups in total. The number of rotatable bonds is 7. The van der Waals surface area contributed by atoms with Crippen molar-refractivity contribution >= 4 is 0 Å². The van der Waals surface area contributed by atoms with Crippen LogP contribution in [0.4, 0.5) is 0 Å². The fourth-order valence-corrected chi connectivity index (χ4v) is 1.45. The average molecular weight is 209 g/mol. The molecule has 0 spiro atoms. The van der Waals surface area contributed by atoms with Gasteiger partial charge >= 0.3 is 0 Å². The summed E-state index contributed by atoms with van der Waals surface area (Å²) in [6.45, 7) is 20.0. The Bertz CT molecular complexity index is 223. The van der Waals surface area contributed by atoms with Gasteiger partial charge in [-0.1, -0.05) is 31.6 Å². The molecular formula is C14H27N. The standard InChI is InChI=1S/C14H27N/c1-11(2)8-9-15-14(6,7)10-13(5)12(3)4/h12,15H,1,5,8-10H2,2-4,6-7H3. The summed E-state index contributed by atoms with van der Waals surface area (Å²) in [5, 5.41) is 3.55. The van der Waals surface area contributed by atoms with E-state index in [1.807, 2.05) is 0 Å². The minimum Gasteiger partial charge on any atom is -0.311 e. The van der Waals surface area contributed by atoms with Crippen LogP contribution in [0.1, 0.15) is 47.5 Å². The van der Waals surface area contributed by atoms with Crippen LogP contribution >= 0.6 is 0 Å². The lowest BCUT2D eigenvalue weighted by Crippen LogP contribution is -2.40. The van der Waals surface area contributed by atoms with Crippen molar-refractivity contribution in [2.45, 2.75) is 53.0 Å². The van der Waals surface area contributed by atoms with Crippen LogP contribution in [0.25, 0.3) is 0 Å². The lowest BCUT2D eigenvalue weighted by Gasteiger charge is -2.28. The molecule has 0 heterocycles. The molecule has 0 aromatic heterocycles. The second kappa shape index (κ2) is 6.12. The van der Waals surface area contributed by atoms with Crippen LogP contribution in [0, 0.1) is 5.92 Å². The van der Waals surface area contributed by atoms with E-state index in [1.165, 1.54) is 11.1 Å². The van der Waals surface area contributed by atoms with Crippen LogP contribution in [-0.2, 0) is 0 Å². The first-order valence-electron chi connectivity index (χ1n) is 5.81. The molecule has 0 bridgehead atoms. The highest BCUT2D eigenvalue weighted by molar-refractivity contribution is 5.04. The summed E-state index contributed by atoms with van der Waals surface area (Å²) < 4.78 is 0. The first kappa shape index (κ1) is 14.4. The predicted molar refractivity (Wildman–Crippen MR) is 70.1 cm³/mol. The third-order valence-corrected chi connectivity index (χ3v) is 2.64. The second-order valence-electron chi connectivity index (χ2n) is 5.51. The maximum atomic E-state index is 4.13. The van der Waals surface area contributed by atoms with Gasteiger partial charge in [0.1, 0.15) is 0 Å². The van der Waals surface area contributed by atoms with Crippen molar-refractivity contribution in [2.75, 3.05) is 6.54 Å². The molecule has 0 amide bonds. The molecule has 0 aliphatic carbocycles. The van der Waals surface area contributed by atoms with Crippen LogP contribution in [-0.4, -0.2) is 12.1 Å². The van der Waals surface area contributed by atoms with Gasteiger partial charge in [0.05, 0.1) is 0 Å². The first-order valence-corrected chi connectivity index (χ1v) is 5.81. The van der Waals surface area contributed by atoms with Crippen LogP contribution in [0.15, 0.2) is 24.3 Å². The Morgan fingerprint density at radius 1 is 1.27 bits per heavy atom. The summed E-state index contributed by atoms with van der Waals surface area (Å²) in [5.74, 6) is 0.576. The lowest BCUT2D eigenvalue weighted by molar-refractivity contribution is 0.378. The van der Waals surface area contributed by atoms with Gasteiger partial charge in [-0.25, -0.2) is 0 Å². The Kier molecular flexibility index (Phi) is 5.89. The smallest absolute Gasteiger partial charge is 0.0162 e. The number of hydrogen-bond acceptors (Lipinski definition) is 1. The Hall–Kier alpha value is -0.560. The van der Waals surface area contributed by atoms with E-state index < -0.39 is 0 Å². The largest absolute Gasteiger partial charge is 0.311 e. The van der Waals surface area contributed by atoms with Crippen molar-refractivity contribution in [1.29, 1.82) is 0 Å². The molecule has 0 aliphatic heterocycles. The van der Waals surface area contributed by atoms with Crippen LogP contribution in [0.3, 0.4) is 0 Å². The summed E-state index contributed by atoms with van der Waals surface area (Å²) in [6, 6.07) is 0. The molecule has 0 aliphatic rings. The van der Waals surface area contributed by atoms with E-state index in [1.54, 1.807) is 0 Å². The van der Waals surface area contributed by atoms with Crippen molar-refractivity contribution < 1.29 is 0 Å². The maximum Gasteiger partial charge on any atom is 0.0162 e. The van der Waals surface area contributed by atoms with Crippen molar-refractivity contribution in [3.8, 4) is 0 Å². The summed E-state index contributed by atoms with van der Waals surface area (Å²) in [4.78, 5) is 0. The third kappa shape index (κ3) is 7.38. The number of hydrogen-bond donors (Lipinski definition) is 1. The molecule has 1 heteroatoms. The molecule has 0 unspecified atom stereocenters. The molecule has 0 radical (unpaired) electrons. The van der Waals surface area contributed by atoms with Gasteiger partial charge < -0.3 is 5.32 Å². The molecule has 15 heavy (non-hydrogen) atoms. The Labute approximate surface area is 95.7 Å². The van der Waals surface area contributed by atoms with E-state index in [2.05, 4.69) is 53.1 Å². The molecule has 0 saturated carbocycles. The molecular weight excluding hydrogens is 182 g/mol. The van der Waals surface area contributed by atoms with E-state index in [0.717, 1.165) is 19.4 Å². The Balaban J connectivity index is 3.96. The first-order chi connectivity index (χ1) is 6.74. The minimum atomic E-state index is 0.150. The fraction of sp³-hybridized carbons (Fsp3) is 0.714. The normalized spacial score (nSPS) is 11.9. The highest BCUT2D eigenvalue weighted by Gasteiger charge is 2.18. The van der Waals surface area contributed by atoms with Gasteiger partial charge in [0.25, 0.3) is 0 Å². The lowest BCUT2D eigenvalue weighted by atomic mass is 9.90. The summed E-state index contributed by atoms with van der Waals surface area (Å²) in [7, 11) is 0. The summed E-state index contributed by atoms with van der Waals surface area (Å²) >= 11 is 0. The average Bonchev–Trinajstić information content (AvgIpc) is 2.01. The van der Waals surface area contributed by atoms with E-state index in [4.69, 9.17) is 0 Å². The van der Waals surface area contributed by atoms with Gasteiger partial charge in [0.2, 0.25) is 0 Å². The zero-order valence-electron chi connectivity index (χ0n) is 11.1. The van der Waals surface area contributed by atoms with E-state index in [9.17, 15) is 0 Å². The van der Waals surface area contributed by atoms with Crippen LogP contribution in [0.5, 0.6) is 0 Å². The molecule has 0 saturated heterocycles. The predicted octanol–water partition coefficient (Wildman–Crippen LogP) is 3.92. The van der Waals surface area contributed by atoms with Crippen LogP contribution in [0.2, 0.25) is 0 Å². The fourth-order valence-electron chi connectivity index (χ4n) is 1.45. The SMILES string of the molecule is C=C(C)CCNC(C)(C)CC(=C)C(C)C. The van der Waals surface area contributed by atoms with E-state index in [-0.39, 0.29) is 5.54 Å². The second-order valence-corrected chi connectivity index (χ2v) is 5.51. The van der Waals surface area contributed by atoms with E-state index in [0.29, 0.717) is 5.92 Å². The highest BCUT2D eigenvalue weighted by Crippen LogP contribution is 2.20. The highest BCUT2D eigenvalue weighted by atomic mass is 14.9. The quantitative estimate of drug-likeness (QED) is 0.627. The van der Waals surface area contributed by atoms with Gasteiger partial charge in [-0.15, -0.1) is 6.58 Å². The number of nitrogens with one attached hydrogen (secondary N) is 1. The van der Waals surface area contributed by atoms with Gasteiger partial charge in [-0.05, 0) is 46.1 Å². The van der Waals surface area contributed by atoms with Crippen molar-refractivity contribution in [3.05, 3.63) is 24.3 Å². The van der Waals surface area contributed by atoms with Crippen LogP contribution < -0.4 is 5.32 Å². The maximum absolute atomic E-state index is 4.13. The van der Waals surface area contributed by atoms with Gasteiger partial charge in [0.15, 0.2) is 0 Å². The molecule has 0 aromatic rings. The van der Waals surface area contributed by atoms with Gasteiger partial charge in [-0.3, -0.25) is 0 Å². The zero-order valence-corrected chi connectivity index (χ0v) is 11.1. The minimum absolute atomic E-state index is 0.150. The van der Waals surface area contributed by atoms with Crippen molar-refractivity contribution in [2.24, 2.45) is 5.92 Å². The molecule has 0 atom stereocenters. The Morgan fingerprint density at radius 3 is 2.20 bits per heavy atom. The van der Waals surface area contributed by atoms with Crippen molar-refractivity contribution in [1.82, 2.24) is 5.32 Å². The topological polar surface area (TPSA) is 12.0 Å². The Morgan fingerprint density at radius 2 is 1.80 bits per heavy atom. The van der Waals surface area contributed by atoms with E-state index >= 15 is 0 Å². The molecule has 0 rings (SSSR count). The van der Waals surface area contributed by atoms with Gasteiger partial charge in [0, 0.05) is 5.54 Å². The molecule has 88 valence electrons. The molecule has 1 nitrogen and oxygen atoms in total. The summed E-state index contributed by atoms with van der Waals surface area (Å²) in [6.07, 6.45) is 2.10. The summed E-state index contributed by atoms with van der Waals surface area (Å²) in [5.41, 5.74) is 2.71. The third-order valence-electron chi connectivity index (χ3n) is 2.64. The van der Waals surface area contributed by atoms with Crippen molar-refractivity contribution in [3.63, 3.8) is 0 Å². The monoisotopic (exact) mass is 209 g/mol. The molecule has 0 aromatic carbocycles. The molecule has 0 fully saturated rings.